The van der Waals surface area contributed by atoms with Gasteiger partial charge in [0.1, 0.15) is 5.69 Å². The maximum absolute atomic E-state index is 12.2. The number of hydrogen-bond acceptors (Lipinski definition) is 6. The molecule has 2 N–H and O–H groups in total. The van der Waals surface area contributed by atoms with E-state index in [0.717, 1.165) is 0 Å². The second-order valence-electron chi connectivity index (χ2n) is 6.84. The van der Waals surface area contributed by atoms with Crippen LogP contribution in [0.5, 0.6) is 0 Å². The molecule has 0 aliphatic carbocycles. The molecular formula is C21H24N2O6. The van der Waals surface area contributed by atoms with E-state index in [4.69, 9.17) is 9.47 Å². The Hall–Kier alpha value is -3.42. The van der Waals surface area contributed by atoms with Gasteiger partial charge in [0, 0.05) is 16.9 Å². The molecule has 8 nitrogen and oxygen atoms in total. The Morgan fingerprint density at radius 3 is 2.17 bits per heavy atom. The van der Waals surface area contributed by atoms with Crippen LogP contribution in [0.1, 0.15) is 63.2 Å². The normalized spacial score (nSPS) is 10.6. The number of amides is 1. The van der Waals surface area contributed by atoms with Crippen molar-refractivity contribution >= 4 is 29.3 Å². The van der Waals surface area contributed by atoms with Crippen LogP contribution in [0.25, 0.3) is 0 Å². The summed E-state index contributed by atoms with van der Waals surface area (Å²) in [4.78, 5) is 50.5. The summed E-state index contributed by atoms with van der Waals surface area (Å²) < 4.78 is 10.1. The average molecular weight is 400 g/mol. The Kier molecular flexibility index (Phi) is 6.93. The summed E-state index contributed by atoms with van der Waals surface area (Å²) in [6, 6.07) is 6.16. The fourth-order valence-corrected chi connectivity index (χ4v) is 2.85. The number of Topliss-reactive ketones (excluding diaryl/α,β-unsaturated/α-hetero) is 1. The van der Waals surface area contributed by atoms with E-state index in [9.17, 15) is 19.2 Å². The highest BCUT2D eigenvalue weighted by molar-refractivity contribution is 6.02. The van der Waals surface area contributed by atoms with Crippen molar-refractivity contribution in [2.24, 2.45) is 0 Å². The number of aromatic nitrogens is 1. The van der Waals surface area contributed by atoms with Crippen molar-refractivity contribution in [2.75, 3.05) is 11.9 Å². The molecule has 0 aliphatic rings. The SMILES string of the molecule is CC(=O)c1c(C)[nH]c(C(=O)OCC(=O)Nc2ccc(C(=O)OC(C)C)cc2)c1C. The van der Waals surface area contributed by atoms with Crippen LogP contribution in [0.3, 0.4) is 0 Å². The summed E-state index contributed by atoms with van der Waals surface area (Å²) >= 11 is 0. The highest BCUT2D eigenvalue weighted by Gasteiger charge is 2.21. The van der Waals surface area contributed by atoms with Gasteiger partial charge in [0.15, 0.2) is 12.4 Å². The van der Waals surface area contributed by atoms with E-state index in [2.05, 4.69) is 10.3 Å². The van der Waals surface area contributed by atoms with Crippen molar-refractivity contribution in [1.29, 1.82) is 0 Å². The molecule has 1 aromatic heterocycles. The number of esters is 2. The summed E-state index contributed by atoms with van der Waals surface area (Å²) in [6.07, 6.45) is -0.227. The summed E-state index contributed by atoms with van der Waals surface area (Å²) in [5.74, 6) is -1.87. The number of aryl methyl sites for hydroxylation is 1. The van der Waals surface area contributed by atoms with Crippen molar-refractivity contribution in [3.63, 3.8) is 0 Å². The third-order valence-electron chi connectivity index (χ3n) is 4.08. The van der Waals surface area contributed by atoms with E-state index >= 15 is 0 Å². The fraction of sp³-hybridized carbons (Fsp3) is 0.333. The van der Waals surface area contributed by atoms with E-state index < -0.39 is 24.5 Å². The lowest BCUT2D eigenvalue weighted by molar-refractivity contribution is -0.119. The molecule has 1 amide bonds. The molecule has 8 heteroatoms. The van der Waals surface area contributed by atoms with Gasteiger partial charge in [0.25, 0.3) is 5.91 Å². The largest absolute Gasteiger partial charge is 0.459 e. The number of carbonyl (C=O) groups excluding carboxylic acids is 4. The lowest BCUT2D eigenvalue weighted by atomic mass is 10.1. The highest BCUT2D eigenvalue weighted by atomic mass is 16.5. The Morgan fingerprint density at radius 2 is 1.66 bits per heavy atom. The van der Waals surface area contributed by atoms with Gasteiger partial charge in [0.05, 0.1) is 11.7 Å². The Labute approximate surface area is 168 Å². The third-order valence-corrected chi connectivity index (χ3v) is 4.08. The van der Waals surface area contributed by atoms with Crippen molar-refractivity contribution in [2.45, 2.75) is 40.7 Å². The van der Waals surface area contributed by atoms with Crippen molar-refractivity contribution in [3.05, 3.63) is 52.3 Å². The number of anilines is 1. The molecule has 2 aromatic rings. The molecule has 1 heterocycles. The van der Waals surface area contributed by atoms with E-state index in [0.29, 0.717) is 28.1 Å². The predicted octanol–water partition coefficient (Wildman–Crippen LogP) is 3.19. The van der Waals surface area contributed by atoms with Gasteiger partial charge in [0.2, 0.25) is 0 Å². The Bertz CT molecular complexity index is 941. The maximum Gasteiger partial charge on any atom is 0.355 e. The number of benzene rings is 1. The van der Waals surface area contributed by atoms with Gasteiger partial charge >= 0.3 is 11.9 Å². The standard InChI is InChI=1S/C21H24N2O6/c1-11(2)29-20(26)15-6-8-16(9-7-15)23-17(25)10-28-21(27)19-12(3)18(14(5)24)13(4)22-19/h6-9,11,22H,10H2,1-5H3,(H,23,25). The first kappa shape index (κ1) is 21.9. The quantitative estimate of drug-likeness (QED) is 0.545. The predicted molar refractivity (Wildman–Crippen MR) is 106 cm³/mol. The molecule has 0 spiro atoms. The molecule has 29 heavy (non-hydrogen) atoms. The highest BCUT2D eigenvalue weighted by Crippen LogP contribution is 2.19. The van der Waals surface area contributed by atoms with Crippen molar-refractivity contribution in [3.8, 4) is 0 Å². The minimum atomic E-state index is -0.722. The second-order valence-corrected chi connectivity index (χ2v) is 6.84. The van der Waals surface area contributed by atoms with Crippen LogP contribution in [0.15, 0.2) is 24.3 Å². The summed E-state index contributed by atoms with van der Waals surface area (Å²) in [6.45, 7) is 7.76. The zero-order valence-electron chi connectivity index (χ0n) is 17.0. The van der Waals surface area contributed by atoms with Crippen LogP contribution in [-0.4, -0.2) is 41.3 Å². The van der Waals surface area contributed by atoms with E-state index in [1.807, 2.05) is 0 Å². The van der Waals surface area contributed by atoms with Gasteiger partial charge < -0.3 is 19.8 Å². The maximum atomic E-state index is 12.2. The monoisotopic (exact) mass is 400 g/mol. The Morgan fingerprint density at radius 1 is 1.03 bits per heavy atom. The second kappa shape index (κ2) is 9.18. The van der Waals surface area contributed by atoms with Gasteiger partial charge in [-0.3, -0.25) is 9.59 Å². The number of carbonyl (C=O) groups is 4. The molecule has 0 radical (unpaired) electrons. The van der Waals surface area contributed by atoms with E-state index in [-0.39, 0.29) is 17.6 Å². The lowest BCUT2D eigenvalue weighted by Crippen LogP contribution is -2.21. The van der Waals surface area contributed by atoms with E-state index in [1.165, 1.54) is 19.1 Å². The first-order valence-electron chi connectivity index (χ1n) is 9.08. The van der Waals surface area contributed by atoms with Crippen LogP contribution in [0.2, 0.25) is 0 Å². The van der Waals surface area contributed by atoms with Gasteiger partial charge in [-0.1, -0.05) is 0 Å². The zero-order valence-corrected chi connectivity index (χ0v) is 17.0. The molecular weight excluding hydrogens is 376 g/mol. The smallest absolute Gasteiger partial charge is 0.355 e. The summed E-state index contributed by atoms with van der Waals surface area (Å²) in [5, 5.41) is 2.57. The summed E-state index contributed by atoms with van der Waals surface area (Å²) in [5.41, 5.74) is 2.46. The molecule has 154 valence electrons. The molecule has 2 rings (SSSR count). The Balaban J connectivity index is 1.93. The molecule has 0 bridgehead atoms. The number of aromatic amines is 1. The first-order valence-corrected chi connectivity index (χ1v) is 9.08. The minimum Gasteiger partial charge on any atom is -0.459 e. The first-order chi connectivity index (χ1) is 13.6. The molecule has 0 saturated heterocycles. The molecule has 0 fully saturated rings. The zero-order chi connectivity index (χ0) is 21.7. The van der Waals surface area contributed by atoms with Gasteiger partial charge in [-0.25, -0.2) is 9.59 Å². The third kappa shape index (κ3) is 5.54. The number of nitrogens with one attached hydrogen (secondary N) is 2. The number of rotatable bonds is 7. The van der Waals surface area contributed by atoms with Gasteiger partial charge in [-0.15, -0.1) is 0 Å². The van der Waals surface area contributed by atoms with Gasteiger partial charge in [-0.2, -0.15) is 0 Å². The van der Waals surface area contributed by atoms with Crippen LogP contribution < -0.4 is 5.32 Å². The molecule has 0 atom stereocenters. The number of ether oxygens (including phenoxy) is 2. The van der Waals surface area contributed by atoms with Crippen molar-refractivity contribution < 1.29 is 28.7 Å². The summed E-state index contributed by atoms with van der Waals surface area (Å²) in [7, 11) is 0. The molecule has 0 aliphatic heterocycles. The van der Waals surface area contributed by atoms with E-state index in [1.54, 1.807) is 39.8 Å². The number of ketones is 1. The molecule has 0 unspecified atom stereocenters. The molecule has 1 aromatic carbocycles. The van der Waals surface area contributed by atoms with Crippen LogP contribution in [-0.2, 0) is 14.3 Å². The number of H-pyrrole nitrogens is 1. The van der Waals surface area contributed by atoms with Gasteiger partial charge in [-0.05, 0) is 64.4 Å². The van der Waals surface area contributed by atoms with Crippen LogP contribution in [0, 0.1) is 13.8 Å². The number of hydrogen-bond donors (Lipinski definition) is 2. The average Bonchev–Trinajstić information content (AvgIpc) is 2.94. The topological polar surface area (TPSA) is 115 Å². The van der Waals surface area contributed by atoms with Crippen LogP contribution in [0.4, 0.5) is 5.69 Å². The minimum absolute atomic E-state index is 0.147. The van der Waals surface area contributed by atoms with Crippen molar-refractivity contribution in [1.82, 2.24) is 4.98 Å². The lowest BCUT2D eigenvalue weighted by Gasteiger charge is -2.09. The van der Waals surface area contributed by atoms with Crippen LogP contribution >= 0.6 is 0 Å². The molecule has 0 saturated carbocycles. The fourth-order valence-electron chi connectivity index (χ4n) is 2.85.